The quantitative estimate of drug-likeness (QED) is 0.835. The maximum atomic E-state index is 13.8. The SMILES string of the molecule is COc1c(F)cccc1C(=O)N1C[C@H]2CCCN2C(=O)[C@H]1C. The molecule has 0 spiro atoms. The molecule has 3 rings (SSSR count). The third kappa shape index (κ3) is 2.23. The number of rotatable bonds is 2. The van der Waals surface area contributed by atoms with Crippen LogP contribution in [0.4, 0.5) is 4.39 Å². The second kappa shape index (κ2) is 5.59. The van der Waals surface area contributed by atoms with E-state index in [9.17, 15) is 14.0 Å². The molecule has 0 radical (unpaired) electrons. The van der Waals surface area contributed by atoms with Crippen molar-refractivity contribution in [2.75, 3.05) is 20.2 Å². The van der Waals surface area contributed by atoms with Crippen molar-refractivity contribution >= 4 is 11.8 Å². The normalized spacial score (nSPS) is 24.4. The van der Waals surface area contributed by atoms with Gasteiger partial charge in [-0.2, -0.15) is 0 Å². The van der Waals surface area contributed by atoms with Crippen LogP contribution in [0.5, 0.6) is 5.75 Å². The summed E-state index contributed by atoms with van der Waals surface area (Å²) < 4.78 is 18.8. The number of nitrogens with zero attached hydrogens (tertiary/aromatic N) is 2. The van der Waals surface area contributed by atoms with Gasteiger partial charge in [0.1, 0.15) is 6.04 Å². The molecule has 0 N–H and O–H groups in total. The molecule has 22 heavy (non-hydrogen) atoms. The Morgan fingerprint density at radius 2 is 2.18 bits per heavy atom. The molecule has 1 aromatic rings. The molecular weight excluding hydrogens is 287 g/mol. The topological polar surface area (TPSA) is 49.9 Å². The number of halogens is 1. The number of hydrogen-bond acceptors (Lipinski definition) is 3. The monoisotopic (exact) mass is 306 g/mol. The van der Waals surface area contributed by atoms with E-state index in [0.29, 0.717) is 6.54 Å². The van der Waals surface area contributed by atoms with E-state index in [1.54, 1.807) is 6.92 Å². The molecule has 118 valence electrons. The van der Waals surface area contributed by atoms with Crippen LogP contribution in [-0.4, -0.2) is 53.9 Å². The maximum absolute atomic E-state index is 13.8. The largest absolute Gasteiger partial charge is 0.493 e. The van der Waals surface area contributed by atoms with Crippen molar-refractivity contribution in [3.63, 3.8) is 0 Å². The molecule has 0 aromatic heterocycles. The number of carbonyl (C=O) groups excluding carboxylic acids is 2. The first-order chi connectivity index (χ1) is 10.5. The van der Waals surface area contributed by atoms with Gasteiger partial charge in [-0.1, -0.05) is 6.07 Å². The average Bonchev–Trinajstić information content (AvgIpc) is 2.98. The van der Waals surface area contributed by atoms with Crippen LogP contribution in [0, 0.1) is 5.82 Å². The van der Waals surface area contributed by atoms with Gasteiger partial charge in [-0.05, 0) is 31.9 Å². The fourth-order valence-corrected chi connectivity index (χ4v) is 3.37. The third-order valence-corrected chi connectivity index (χ3v) is 4.55. The summed E-state index contributed by atoms with van der Waals surface area (Å²) in [5, 5.41) is 0. The van der Waals surface area contributed by atoms with Crippen LogP contribution >= 0.6 is 0 Å². The minimum atomic E-state index is -0.577. The zero-order valence-corrected chi connectivity index (χ0v) is 12.7. The molecule has 2 aliphatic rings. The van der Waals surface area contributed by atoms with Gasteiger partial charge in [0.2, 0.25) is 5.91 Å². The van der Waals surface area contributed by atoms with Gasteiger partial charge in [-0.3, -0.25) is 9.59 Å². The Morgan fingerprint density at radius 1 is 1.41 bits per heavy atom. The predicted octanol–water partition coefficient (Wildman–Crippen LogP) is 1.67. The number of benzene rings is 1. The Bertz CT molecular complexity index is 619. The first-order valence-corrected chi connectivity index (χ1v) is 7.48. The smallest absolute Gasteiger partial charge is 0.258 e. The van der Waals surface area contributed by atoms with Gasteiger partial charge < -0.3 is 14.5 Å². The van der Waals surface area contributed by atoms with E-state index in [4.69, 9.17) is 4.74 Å². The van der Waals surface area contributed by atoms with Crippen molar-refractivity contribution in [3.8, 4) is 5.75 Å². The minimum absolute atomic E-state index is 0.0301. The summed E-state index contributed by atoms with van der Waals surface area (Å²) in [6.07, 6.45) is 1.87. The van der Waals surface area contributed by atoms with Crippen LogP contribution in [0.2, 0.25) is 0 Å². The van der Waals surface area contributed by atoms with Crippen molar-refractivity contribution < 1.29 is 18.7 Å². The summed E-state index contributed by atoms with van der Waals surface area (Å²) in [6.45, 7) is 2.98. The highest BCUT2D eigenvalue weighted by molar-refractivity contribution is 6.00. The summed E-state index contributed by atoms with van der Waals surface area (Å²) >= 11 is 0. The van der Waals surface area contributed by atoms with Crippen LogP contribution in [0.1, 0.15) is 30.1 Å². The van der Waals surface area contributed by atoms with Gasteiger partial charge in [0, 0.05) is 19.1 Å². The number of ether oxygens (including phenoxy) is 1. The van der Waals surface area contributed by atoms with Crippen molar-refractivity contribution in [2.45, 2.75) is 31.8 Å². The van der Waals surface area contributed by atoms with E-state index in [2.05, 4.69) is 0 Å². The molecular formula is C16H19FN2O3. The highest BCUT2D eigenvalue weighted by atomic mass is 19.1. The van der Waals surface area contributed by atoms with Gasteiger partial charge in [0.15, 0.2) is 11.6 Å². The first kappa shape index (κ1) is 14.8. The standard InChI is InChI=1S/C16H19FN2O3/c1-10-15(20)18-8-4-5-11(18)9-19(10)16(21)12-6-3-7-13(17)14(12)22-2/h3,6-7,10-11H,4-5,8-9H2,1-2H3/t10-,11-/m1/s1. The fourth-order valence-electron chi connectivity index (χ4n) is 3.37. The molecule has 1 aromatic carbocycles. The lowest BCUT2D eigenvalue weighted by Crippen LogP contribution is -2.60. The Hall–Kier alpha value is -2.11. The molecule has 0 unspecified atom stereocenters. The fraction of sp³-hybridized carbons (Fsp3) is 0.500. The summed E-state index contributed by atoms with van der Waals surface area (Å²) in [5.41, 5.74) is 0.161. The van der Waals surface area contributed by atoms with E-state index in [0.717, 1.165) is 19.4 Å². The van der Waals surface area contributed by atoms with Crippen LogP contribution in [0.3, 0.4) is 0 Å². The van der Waals surface area contributed by atoms with Crippen LogP contribution in [0.15, 0.2) is 18.2 Å². The average molecular weight is 306 g/mol. The molecule has 5 nitrogen and oxygen atoms in total. The number of carbonyl (C=O) groups is 2. The predicted molar refractivity (Wildman–Crippen MR) is 78.2 cm³/mol. The molecule has 0 saturated carbocycles. The molecule has 0 bridgehead atoms. The maximum Gasteiger partial charge on any atom is 0.258 e. The summed E-state index contributed by atoms with van der Waals surface area (Å²) in [7, 11) is 1.33. The second-order valence-electron chi connectivity index (χ2n) is 5.78. The Kier molecular flexibility index (Phi) is 3.76. The molecule has 2 saturated heterocycles. The zero-order chi connectivity index (χ0) is 15.9. The lowest BCUT2D eigenvalue weighted by Gasteiger charge is -2.41. The summed E-state index contributed by atoms with van der Waals surface area (Å²) in [4.78, 5) is 28.6. The number of methoxy groups -OCH3 is 1. The highest BCUT2D eigenvalue weighted by Gasteiger charge is 2.42. The number of piperazine rings is 1. The van der Waals surface area contributed by atoms with E-state index < -0.39 is 11.9 Å². The minimum Gasteiger partial charge on any atom is -0.493 e. The van der Waals surface area contributed by atoms with E-state index in [-0.39, 0.29) is 29.2 Å². The number of para-hydroxylation sites is 1. The van der Waals surface area contributed by atoms with Crippen LogP contribution < -0.4 is 4.74 Å². The van der Waals surface area contributed by atoms with Gasteiger partial charge in [0.05, 0.1) is 12.7 Å². The van der Waals surface area contributed by atoms with Gasteiger partial charge in [-0.15, -0.1) is 0 Å². The second-order valence-corrected chi connectivity index (χ2v) is 5.78. The lowest BCUT2D eigenvalue weighted by molar-refractivity contribution is -0.141. The van der Waals surface area contributed by atoms with Crippen LogP contribution in [0.25, 0.3) is 0 Å². The molecule has 2 amide bonds. The Balaban J connectivity index is 1.92. The van der Waals surface area contributed by atoms with E-state index >= 15 is 0 Å². The molecule has 2 atom stereocenters. The molecule has 2 heterocycles. The summed E-state index contributed by atoms with van der Waals surface area (Å²) in [5.74, 6) is -1.03. The zero-order valence-electron chi connectivity index (χ0n) is 12.7. The molecule has 2 aliphatic heterocycles. The number of fused-ring (bicyclic) bond motifs is 1. The third-order valence-electron chi connectivity index (χ3n) is 4.55. The van der Waals surface area contributed by atoms with Crippen molar-refractivity contribution in [1.82, 2.24) is 9.80 Å². The van der Waals surface area contributed by atoms with Gasteiger partial charge in [-0.25, -0.2) is 4.39 Å². The van der Waals surface area contributed by atoms with E-state index in [1.165, 1.54) is 30.2 Å². The molecule has 6 heteroatoms. The number of amides is 2. The van der Waals surface area contributed by atoms with Gasteiger partial charge in [0.25, 0.3) is 5.91 Å². The number of hydrogen-bond donors (Lipinski definition) is 0. The Morgan fingerprint density at radius 3 is 2.91 bits per heavy atom. The molecule has 2 fully saturated rings. The lowest BCUT2D eigenvalue weighted by atomic mass is 10.0. The highest BCUT2D eigenvalue weighted by Crippen LogP contribution is 2.29. The van der Waals surface area contributed by atoms with E-state index in [1.807, 2.05) is 4.90 Å². The van der Waals surface area contributed by atoms with Crippen molar-refractivity contribution in [3.05, 3.63) is 29.6 Å². The molecule has 0 aliphatic carbocycles. The van der Waals surface area contributed by atoms with Crippen molar-refractivity contribution in [2.24, 2.45) is 0 Å². The van der Waals surface area contributed by atoms with Crippen LogP contribution in [-0.2, 0) is 4.79 Å². The van der Waals surface area contributed by atoms with Crippen molar-refractivity contribution in [1.29, 1.82) is 0 Å². The van der Waals surface area contributed by atoms with Gasteiger partial charge >= 0.3 is 0 Å². The first-order valence-electron chi connectivity index (χ1n) is 7.48. The summed E-state index contributed by atoms with van der Waals surface area (Å²) in [6, 6.07) is 3.80. The Labute approximate surface area is 128 Å².